The van der Waals surface area contributed by atoms with E-state index in [9.17, 15) is 24.3 Å². The number of amides is 4. The van der Waals surface area contributed by atoms with Gasteiger partial charge in [-0.2, -0.15) is 0 Å². The van der Waals surface area contributed by atoms with Crippen molar-refractivity contribution < 1.29 is 43.2 Å². The maximum absolute atomic E-state index is 14.6. The van der Waals surface area contributed by atoms with E-state index in [0.717, 1.165) is 75.6 Å². The number of rotatable bonds is 9. The molecular weight excluding hydrogens is 821 g/mol. The van der Waals surface area contributed by atoms with Crippen LogP contribution < -0.4 is 10.6 Å². The van der Waals surface area contributed by atoms with Gasteiger partial charge in [0.2, 0.25) is 11.8 Å². The first-order valence-corrected chi connectivity index (χ1v) is 22.4. The molecule has 2 aromatic heterocycles. The highest BCUT2D eigenvalue weighted by atomic mass is 16.7. The number of aromatic nitrogens is 4. The van der Waals surface area contributed by atoms with Gasteiger partial charge in [0.25, 0.3) is 0 Å². The van der Waals surface area contributed by atoms with E-state index in [2.05, 4.69) is 63.1 Å². The van der Waals surface area contributed by atoms with Crippen LogP contribution in [0.5, 0.6) is 0 Å². The monoisotopic (exact) mass is 874 g/mol. The maximum atomic E-state index is 14.6. The van der Waals surface area contributed by atoms with E-state index < -0.39 is 36.1 Å². The zero-order valence-electron chi connectivity index (χ0n) is 36.3. The van der Waals surface area contributed by atoms with Gasteiger partial charge >= 0.3 is 12.2 Å². The molecule has 1 spiro atoms. The number of alkyl carbamates (subject to hydrolysis) is 1. The number of hydrogen-bond acceptors (Lipinski definition) is 10. The van der Waals surface area contributed by atoms with Gasteiger partial charge in [-0.05, 0) is 84.6 Å². The minimum Gasteiger partial charge on any atom is -0.465 e. The third-order valence-electron chi connectivity index (χ3n) is 13.9. The molecule has 4 amide bonds. The van der Waals surface area contributed by atoms with E-state index in [1.54, 1.807) is 9.80 Å². The van der Waals surface area contributed by atoms with Crippen molar-refractivity contribution >= 4 is 45.8 Å². The van der Waals surface area contributed by atoms with Gasteiger partial charge < -0.3 is 54.5 Å². The van der Waals surface area contributed by atoms with Crippen LogP contribution in [0.3, 0.4) is 0 Å². The third kappa shape index (κ3) is 7.62. The number of methoxy groups -OCH3 is 1. The van der Waals surface area contributed by atoms with Gasteiger partial charge in [0.1, 0.15) is 23.7 Å². The number of hydrogen-bond donors (Lipinski definition) is 5. The van der Waals surface area contributed by atoms with E-state index in [4.69, 9.17) is 28.9 Å². The molecule has 17 nitrogen and oxygen atoms in total. The number of nitrogens with one attached hydrogen (secondary N) is 4. The van der Waals surface area contributed by atoms with Crippen molar-refractivity contribution in [2.45, 2.75) is 88.7 Å². The van der Waals surface area contributed by atoms with Gasteiger partial charge in [0, 0.05) is 37.1 Å². The average Bonchev–Trinajstić information content (AvgIpc) is 4.17. The first-order chi connectivity index (χ1) is 31.0. The Bertz CT molecular complexity index is 2630. The van der Waals surface area contributed by atoms with E-state index >= 15 is 0 Å². The molecule has 64 heavy (non-hydrogen) atoms. The Morgan fingerprint density at radius 3 is 2.39 bits per heavy atom. The van der Waals surface area contributed by atoms with E-state index in [-0.39, 0.29) is 36.2 Å². The number of carbonyl (C=O) groups is 4. The number of carboxylic acid groups (broad SMARTS) is 1. The highest BCUT2D eigenvalue weighted by Gasteiger charge is 2.53. The molecule has 4 saturated heterocycles. The van der Waals surface area contributed by atoms with Gasteiger partial charge in [-0.1, -0.05) is 50.2 Å². The fraction of sp³-hybridized carbons (Fsp3) is 0.489. The van der Waals surface area contributed by atoms with Crippen molar-refractivity contribution in [3.05, 3.63) is 71.4 Å². The summed E-state index contributed by atoms with van der Waals surface area (Å²) in [4.78, 5) is 73.0. The van der Waals surface area contributed by atoms with E-state index in [1.807, 2.05) is 19.9 Å². The number of likely N-dealkylation sites (tertiary alicyclic amines) is 2. The number of aromatic amines is 2. The Morgan fingerprint density at radius 2 is 1.62 bits per heavy atom. The number of imidazole rings is 2. The lowest BCUT2D eigenvalue weighted by atomic mass is 9.89. The predicted octanol–water partition coefficient (Wildman–Crippen LogP) is 6.00. The maximum Gasteiger partial charge on any atom is 0.407 e. The molecule has 0 saturated carbocycles. The number of nitrogens with zero attached hydrogens (tertiary/aromatic N) is 4. The van der Waals surface area contributed by atoms with Gasteiger partial charge in [0.05, 0.1) is 61.4 Å². The molecule has 10 rings (SSSR count). The van der Waals surface area contributed by atoms with Gasteiger partial charge in [-0.3, -0.25) is 9.59 Å². The second kappa shape index (κ2) is 16.8. The standard InChI is InChI=1S/C47H54N8O9/c1-25(2)37(52-45(58)59)43(56)54-16-4-5-35(54)41-48-33-12-8-29-21-27(6-10-31(29)39(33)50-41)28-7-11-32-30(22-28)9-13-34-40(32)51-42(49-34)36-23-47(63-19-20-64-47)24-55(36)44(57)38(53-46(60)61-3)26-14-17-62-18-15-26/h6-8,10-12,21-22,25-26,35-38,52H,4-5,9,13-20,23-24H2,1-3H3,(H,48,50)(H,49,51)(H,53,60)(H,58,59)/t35-,36-,37?,38?/m0/s1. The number of carbonyl (C=O) groups excluding carboxylic acids is 3. The molecule has 0 radical (unpaired) electrons. The topological polar surface area (TPSA) is 213 Å². The van der Waals surface area contributed by atoms with Crippen LogP contribution in [0.4, 0.5) is 9.59 Å². The Hall–Kier alpha value is -6.04. The van der Waals surface area contributed by atoms with Crippen LogP contribution in [0.15, 0.2) is 48.5 Å². The molecule has 5 aliphatic rings. The van der Waals surface area contributed by atoms with Gasteiger partial charge in [0.15, 0.2) is 5.79 Å². The number of H-pyrrole nitrogens is 2. The van der Waals surface area contributed by atoms with Crippen molar-refractivity contribution in [3.8, 4) is 22.4 Å². The summed E-state index contributed by atoms with van der Waals surface area (Å²) in [5.74, 6) is -0.349. The Labute approximate surface area is 369 Å². The molecule has 6 heterocycles. The van der Waals surface area contributed by atoms with Crippen molar-refractivity contribution in [3.63, 3.8) is 0 Å². The molecule has 1 aliphatic carbocycles. The number of aryl methyl sites for hydroxylation is 2. The van der Waals surface area contributed by atoms with Crippen LogP contribution in [-0.4, -0.2) is 123 Å². The van der Waals surface area contributed by atoms with E-state index in [0.29, 0.717) is 63.9 Å². The van der Waals surface area contributed by atoms with Crippen molar-refractivity contribution in [2.24, 2.45) is 11.8 Å². The molecule has 5 N–H and O–H groups in total. The summed E-state index contributed by atoms with van der Waals surface area (Å²) in [6.07, 6.45) is 2.89. The van der Waals surface area contributed by atoms with Crippen LogP contribution in [0.2, 0.25) is 0 Å². The Morgan fingerprint density at radius 1 is 0.859 bits per heavy atom. The van der Waals surface area contributed by atoms with Crippen LogP contribution in [-0.2, 0) is 41.4 Å². The molecule has 17 heteroatoms. The predicted molar refractivity (Wildman–Crippen MR) is 234 cm³/mol. The Kier molecular flexibility index (Phi) is 11.0. The highest BCUT2D eigenvalue weighted by Crippen LogP contribution is 2.45. The molecule has 336 valence electrons. The smallest absolute Gasteiger partial charge is 0.407 e. The second-order valence-electron chi connectivity index (χ2n) is 18.1. The van der Waals surface area contributed by atoms with Crippen LogP contribution in [0.25, 0.3) is 44.2 Å². The molecule has 0 bridgehead atoms. The lowest BCUT2D eigenvalue weighted by Crippen LogP contribution is -2.54. The van der Waals surface area contributed by atoms with Crippen LogP contribution >= 0.6 is 0 Å². The fourth-order valence-corrected chi connectivity index (χ4v) is 10.6. The first kappa shape index (κ1) is 41.9. The van der Waals surface area contributed by atoms with Crippen molar-refractivity contribution in [1.82, 2.24) is 40.4 Å². The molecule has 4 aliphatic heterocycles. The molecule has 4 atom stereocenters. The van der Waals surface area contributed by atoms with Crippen molar-refractivity contribution in [1.29, 1.82) is 0 Å². The number of ether oxygens (including phenoxy) is 4. The number of fused-ring (bicyclic) bond motifs is 6. The van der Waals surface area contributed by atoms with Crippen LogP contribution in [0.1, 0.15) is 80.9 Å². The fourth-order valence-electron chi connectivity index (χ4n) is 10.6. The average molecular weight is 875 g/mol. The summed E-state index contributed by atoms with van der Waals surface area (Å²) in [5, 5.41) is 16.7. The molecule has 5 aromatic rings. The highest BCUT2D eigenvalue weighted by molar-refractivity contribution is 6.05. The molecule has 2 unspecified atom stereocenters. The zero-order valence-corrected chi connectivity index (χ0v) is 36.3. The summed E-state index contributed by atoms with van der Waals surface area (Å²) in [6.45, 7) is 6.35. The SMILES string of the molecule is COC(=O)NC(C(=O)N1CC2(C[C@H]1c1nc3c([nH]1)-c1ccc(-c4ccc5c(ccc6nc([C@@H]7CCCN7C(=O)C(NC(=O)O)C(C)C)[nH]c65)c4)cc1CC3)OCCO2)C1CCOCC1. The summed E-state index contributed by atoms with van der Waals surface area (Å²) in [6, 6.07) is 14.7. The first-order valence-electron chi connectivity index (χ1n) is 22.4. The minimum atomic E-state index is -1.21. The molecular formula is C47H54N8O9. The number of benzene rings is 3. The Balaban J connectivity index is 0.908. The largest absolute Gasteiger partial charge is 0.465 e. The molecule has 3 aromatic carbocycles. The second-order valence-corrected chi connectivity index (χ2v) is 18.1. The summed E-state index contributed by atoms with van der Waals surface area (Å²) < 4.78 is 22.8. The summed E-state index contributed by atoms with van der Waals surface area (Å²) >= 11 is 0. The summed E-state index contributed by atoms with van der Waals surface area (Å²) in [5.41, 5.74) is 8.02. The van der Waals surface area contributed by atoms with Crippen molar-refractivity contribution in [2.75, 3.05) is 46.6 Å². The third-order valence-corrected chi connectivity index (χ3v) is 13.9. The van der Waals surface area contributed by atoms with Crippen LogP contribution in [0, 0.1) is 11.8 Å². The quantitative estimate of drug-likeness (QED) is 0.116. The summed E-state index contributed by atoms with van der Waals surface area (Å²) in [7, 11) is 1.30. The lowest BCUT2D eigenvalue weighted by molar-refractivity contribution is -0.154. The molecule has 4 fully saturated rings. The van der Waals surface area contributed by atoms with Gasteiger partial charge in [-0.25, -0.2) is 19.6 Å². The normalized spacial score (nSPS) is 21.6. The lowest BCUT2D eigenvalue weighted by Gasteiger charge is -2.34. The minimum absolute atomic E-state index is 0.114. The van der Waals surface area contributed by atoms with E-state index in [1.165, 1.54) is 12.7 Å². The zero-order chi connectivity index (χ0) is 44.3. The van der Waals surface area contributed by atoms with Gasteiger partial charge in [-0.15, -0.1) is 0 Å².